The van der Waals surface area contributed by atoms with Crippen molar-refractivity contribution in [3.05, 3.63) is 11.7 Å². The molecule has 1 aromatic heterocycles. The summed E-state index contributed by atoms with van der Waals surface area (Å²) in [4.78, 5) is 18.5. The van der Waals surface area contributed by atoms with Crippen LogP contribution in [0.4, 0.5) is 0 Å². The van der Waals surface area contributed by atoms with Crippen LogP contribution in [0.25, 0.3) is 0 Å². The van der Waals surface area contributed by atoms with Crippen LogP contribution < -0.4 is 0 Å². The molecule has 0 aliphatic carbocycles. The fourth-order valence-electron chi connectivity index (χ4n) is 3.02. The summed E-state index contributed by atoms with van der Waals surface area (Å²) in [7, 11) is 0. The molecule has 2 atom stereocenters. The second-order valence-corrected chi connectivity index (χ2v) is 5.69. The van der Waals surface area contributed by atoms with Crippen molar-refractivity contribution >= 4 is 5.91 Å². The predicted molar refractivity (Wildman–Crippen MR) is 71.2 cm³/mol. The van der Waals surface area contributed by atoms with Crippen molar-refractivity contribution in [3.63, 3.8) is 0 Å². The molecule has 2 fully saturated rings. The van der Waals surface area contributed by atoms with E-state index in [-0.39, 0.29) is 17.9 Å². The smallest absolute Gasteiger partial charge is 0.225 e. The Kier molecular flexibility index (Phi) is 4.00. The monoisotopic (exact) mass is 279 g/mol. The first-order chi connectivity index (χ1) is 9.72. The van der Waals surface area contributed by atoms with Gasteiger partial charge in [0.05, 0.1) is 12.5 Å². The molecule has 20 heavy (non-hydrogen) atoms. The Morgan fingerprint density at radius 3 is 3.00 bits per heavy atom. The summed E-state index contributed by atoms with van der Waals surface area (Å²) in [5.74, 6) is 1.72. The summed E-state index contributed by atoms with van der Waals surface area (Å²) in [6, 6.07) is 0. The summed E-state index contributed by atoms with van der Waals surface area (Å²) in [5, 5.41) is 3.99. The molecule has 3 rings (SSSR count). The quantitative estimate of drug-likeness (QED) is 0.841. The predicted octanol–water partition coefficient (Wildman–Crippen LogP) is 1.65. The third kappa shape index (κ3) is 3.00. The minimum Gasteiger partial charge on any atom is -0.378 e. The molecule has 2 saturated heterocycles. The number of carbonyl (C=O) groups excluding carboxylic acids is 1. The number of ether oxygens (including phenoxy) is 1. The molecule has 6 heteroatoms. The topological polar surface area (TPSA) is 68.5 Å². The Labute approximate surface area is 118 Å². The Hall–Kier alpha value is -1.43. The summed E-state index contributed by atoms with van der Waals surface area (Å²) in [6.07, 6.45) is 4.72. The van der Waals surface area contributed by atoms with E-state index in [0.29, 0.717) is 18.9 Å². The van der Waals surface area contributed by atoms with E-state index in [1.165, 1.54) is 0 Å². The normalized spacial score (nSPS) is 26.9. The zero-order valence-electron chi connectivity index (χ0n) is 11.9. The number of nitrogens with zero attached hydrogens (tertiary/aromatic N) is 3. The van der Waals surface area contributed by atoms with Gasteiger partial charge < -0.3 is 14.2 Å². The molecule has 110 valence electrons. The first-order valence-corrected chi connectivity index (χ1v) is 7.42. The van der Waals surface area contributed by atoms with Crippen LogP contribution in [-0.2, 0) is 9.53 Å². The Morgan fingerprint density at radius 1 is 1.40 bits per heavy atom. The van der Waals surface area contributed by atoms with E-state index in [0.717, 1.165) is 44.7 Å². The number of hydrogen-bond acceptors (Lipinski definition) is 5. The standard InChI is InChI=1S/C14H21N3O3/c1-10-15-14(16-20-10)11-4-2-6-17(9-11)13(18)8-12-5-3-7-19-12/h11-12H,2-9H2,1H3/t11-,12-/m1/s1. The Bertz CT molecular complexity index is 468. The molecule has 3 heterocycles. The van der Waals surface area contributed by atoms with E-state index in [1.54, 1.807) is 6.92 Å². The molecule has 0 radical (unpaired) electrons. The zero-order valence-corrected chi connectivity index (χ0v) is 11.9. The van der Waals surface area contributed by atoms with E-state index >= 15 is 0 Å². The van der Waals surface area contributed by atoms with E-state index in [1.807, 2.05) is 4.90 Å². The molecule has 0 spiro atoms. The molecule has 6 nitrogen and oxygen atoms in total. The van der Waals surface area contributed by atoms with Gasteiger partial charge >= 0.3 is 0 Å². The molecule has 0 aromatic carbocycles. The van der Waals surface area contributed by atoms with Crippen molar-refractivity contribution in [1.29, 1.82) is 0 Å². The highest BCUT2D eigenvalue weighted by molar-refractivity contribution is 5.76. The lowest BCUT2D eigenvalue weighted by Crippen LogP contribution is -2.40. The average molecular weight is 279 g/mol. The third-order valence-corrected chi connectivity index (χ3v) is 4.11. The number of carbonyl (C=O) groups is 1. The Balaban J connectivity index is 1.58. The van der Waals surface area contributed by atoms with Gasteiger partial charge in [0, 0.05) is 32.5 Å². The van der Waals surface area contributed by atoms with Gasteiger partial charge in [-0.3, -0.25) is 4.79 Å². The van der Waals surface area contributed by atoms with Gasteiger partial charge in [-0.15, -0.1) is 0 Å². The largest absolute Gasteiger partial charge is 0.378 e. The van der Waals surface area contributed by atoms with E-state index in [9.17, 15) is 4.79 Å². The fraction of sp³-hybridized carbons (Fsp3) is 0.786. The van der Waals surface area contributed by atoms with Crippen molar-refractivity contribution in [2.24, 2.45) is 0 Å². The van der Waals surface area contributed by atoms with Gasteiger partial charge in [0.25, 0.3) is 0 Å². The van der Waals surface area contributed by atoms with Crippen LogP contribution in [0.1, 0.15) is 49.7 Å². The first-order valence-electron chi connectivity index (χ1n) is 7.42. The maximum atomic E-state index is 12.3. The zero-order chi connectivity index (χ0) is 13.9. The SMILES string of the molecule is Cc1nc([C@@H]2CCCN(C(=O)C[C@H]3CCCO3)C2)no1. The molecular weight excluding hydrogens is 258 g/mol. The summed E-state index contributed by atoms with van der Waals surface area (Å²) >= 11 is 0. The summed E-state index contributed by atoms with van der Waals surface area (Å²) in [6.45, 7) is 4.12. The lowest BCUT2D eigenvalue weighted by atomic mass is 9.97. The summed E-state index contributed by atoms with van der Waals surface area (Å²) in [5.41, 5.74) is 0. The second-order valence-electron chi connectivity index (χ2n) is 5.69. The van der Waals surface area contributed by atoms with Gasteiger partial charge in [-0.25, -0.2) is 0 Å². The number of amides is 1. The summed E-state index contributed by atoms with van der Waals surface area (Å²) < 4.78 is 10.6. The van der Waals surface area contributed by atoms with E-state index in [2.05, 4.69) is 10.1 Å². The van der Waals surface area contributed by atoms with Gasteiger partial charge in [0.15, 0.2) is 5.82 Å². The van der Waals surface area contributed by atoms with Gasteiger partial charge in [-0.05, 0) is 25.7 Å². The first kappa shape index (κ1) is 13.5. The van der Waals surface area contributed by atoms with Crippen LogP contribution in [0.5, 0.6) is 0 Å². The van der Waals surface area contributed by atoms with Crippen LogP contribution in [0.15, 0.2) is 4.52 Å². The molecular formula is C14H21N3O3. The van der Waals surface area contributed by atoms with Crippen molar-refractivity contribution in [1.82, 2.24) is 15.0 Å². The molecule has 0 N–H and O–H groups in total. The van der Waals surface area contributed by atoms with Gasteiger partial charge in [-0.2, -0.15) is 4.98 Å². The molecule has 0 bridgehead atoms. The van der Waals surface area contributed by atoms with Gasteiger partial charge in [0.1, 0.15) is 0 Å². The number of hydrogen-bond donors (Lipinski definition) is 0. The van der Waals surface area contributed by atoms with Crippen molar-refractivity contribution in [2.45, 2.75) is 51.0 Å². The van der Waals surface area contributed by atoms with Crippen LogP contribution in [0.3, 0.4) is 0 Å². The molecule has 1 amide bonds. The fourth-order valence-corrected chi connectivity index (χ4v) is 3.02. The lowest BCUT2D eigenvalue weighted by molar-refractivity contribution is -0.134. The molecule has 2 aliphatic heterocycles. The Morgan fingerprint density at radius 2 is 2.30 bits per heavy atom. The van der Waals surface area contributed by atoms with Crippen LogP contribution in [0, 0.1) is 6.92 Å². The van der Waals surface area contributed by atoms with Crippen LogP contribution >= 0.6 is 0 Å². The van der Waals surface area contributed by atoms with E-state index in [4.69, 9.17) is 9.26 Å². The lowest BCUT2D eigenvalue weighted by Gasteiger charge is -2.31. The number of aromatic nitrogens is 2. The minimum atomic E-state index is 0.121. The maximum Gasteiger partial charge on any atom is 0.225 e. The number of likely N-dealkylation sites (tertiary alicyclic amines) is 1. The van der Waals surface area contributed by atoms with Crippen molar-refractivity contribution < 1.29 is 14.1 Å². The second kappa shape index (κ2) is 5.91. The van der Waals surface area contributed by atoms with Gasteiger partial charge in [0.2, 0.25) is 11.8 Å². The minimum absolute atomic E-state index is 0.121. The van der Waals surface area contributed by atoms with Gasteiger partial charge in [-0.1, -0.05) is 5.16 Å². The van der Waals surface area contributed by atoms with Crippen LogP contribution in [0.2, 0.25) is 0 Å². The van der Waals surface area contributed by atoms with Crippen LogP contribution in [-0.4, -0.2) is 46.7 Å². The van der Waals surface area contributed by atoms with Crippen molar-refractivity contribution in [3.8, 4) is 0 Å². The highest BCUT2D eigenvalue weighted by Crippen LogP contribution is 2.26. The number of rotatable bonds is 3. The number of aryl methyl sites for hydroxylation is 1. The van der Waals surface area contributed by atoms with E-state index < -0.39 is 0 Å². The van der Waals surface area contributed by atoms with Crippen molar-refractivity contribution in [2.75, 3.05) is 19.7 Å². The molecule has 1 aromatic rings. The third-order valence-electron chi connectivity index (χ3n) is 4.11. The maximum absolute atomic E-state index is 12.3. The molecule has 0 unspecified atom stereocenters. The highest BCUT2D eigenvalue weighted by Gasteiger charge is 2.29. The average Bonchev–Trinajstić information content (AvgIpc) is 3.10. The molecule has 0 saturated carbocycles. The highest BCUT2D eigenvalue weighted by atomic mass is 16.5. The molecule has 2 aliphatic rings. The number of piperidine rings is 1.